The minimum atomic E-state index is -5.80. The highest BCUT2D eigenvalue weighted by molar-refractivity contribution is 7.90. The van der Waals surface area contributed by atoms with Crippen LogP contribution in [0.25, 0.3) is 22.2 Å². The molecule has 3 aromatic carbocycles. The van der Waals surface area contributed by atoms with Crippen LogP contribution in [0.4, 0.5) is 15.9 Å². The van der Waals surface area contributed by atoms with Crippen LogP contribution in [0.1, 0.15) is 30.5 Å². The Bertz CT molecular complexity index is 2350. The van der Waals surface area contributed by atoms with Crippen LogP contribution in [0.2, 0.25) is 5.02 Å². The molecule has 40 heavy (non-hydrogen) atoms. The number of fused-ring (bicyclic) bond motifs is 1. The second-order valence-corrected chi connectivity index (χ2v) is 9.42. The van der Waals surface area contributed by atoms with Gasteiger partial charge in [0.2, 0.25) is 0 Å². The summed E-state index contributed by atoms with van der Waals surface area (Å²) in [6.45, 7) is -9.60. The van der Waals surface area contributed by atoms with Gasteiger partial charge >= 0.3 is 0 Å². The van der Waals surface area contributed by atoms with E-state index >= 15 is 0 Å². The van der Waals surface area contributed by atoms with Gasteiger partial charge in [0.05, 0.1) is 32.3 Å². The van der Waals surface area contributed by atoms with E-state index in [1.807, 2.05) is 0 Å². The van der Waals surface area contributed by atoms with E-state index in [0.717, 1.165) is 24.5 Å². The van der Waals surface area contributed by atoms with Crippen LogP contribution in [0.3, 0.4) is 0 Å². The summed E-state index contributed by atoms with van der Waals surface area (Å²) in [6.07, 6.45) is -2.81. The van der Waals surface area contributed by atoms with Gasteiger partial charge in [0.25, 0.3) is 0 Å². The standard InChI is InChI=1S/C29H26ClFN4O4S/c1-40(36,37)12-11-32-16-23-7-10-27(39-23)20-5-8-26-24(14-20)29(34-18-33-26)35-22-6-9-28(25(30)15-22)38-17-19-3-2-4-21(31)13-19/h2-10,13-15,18,32H,11-12,16-17H2,1H3,(H,33,34,35)/i1D3,6D,9D,11D2,12D2,15D,16D2,17D2. The van der Waals surface area contributed by atoms with E-state index in [-0.39, 0.29) is 33.8 Å². The first-order valence-electron chi connectivity index (χ1n) is 18.1. The molecule has 0 spiro atoms. The maximum absolute atomic E-state index is 13.8. The monoisotopic (exact) mass is 594 g/mol. The summed E-state index contributed by atoms with van der Waals surface area (Å²) in [5.41, 5.74) is -4.15. The van der Waals surface area contributed by atoms with Gasteiger partial charge in [-0.1, -0.05) is 23.7 Å². The number of anilines is 2. The van der Waals surface area contributed by atoms with Crippen LogP contribution >= 0.6 is 11.6 Å². The van der Waals surface area contributed by atoms with Gasteiger partial charge in [-0.3, -0.25) is 0 Å². The number of aromatic nitrogens is 2. The van der Waals surface area contributed by atoms with Crippen molar-refractivity contribution in [1.29, 1.82) is 0 Å². The highest BCUT2D eigenvalue weighted by Gasteiger charge is 2.11. The summed E-state index contributed by atoms with van der Waals surface area (Å²) < 4.78 is 161. The van der Waals surface area contributed by atoms with Crippen LogP contribution < -0.4 is 15.4 Å². The molecule has 206 valence electrons. The number of sulfone groups is 1. The second kappa shape index (κ2) is 12.0. The van der Waals surface area contributed by atoms with Crippen LogP contribution in [0, 0.1) is 5.82 Å². The fourth-order valence-corrected chi connectivity index (χ4v) is 3.71. The van der Waals surface area contributed by atoms with Crippen molar-refractivity contribution >= 4 is 43.8 Å². The maximum Gasteiger partial charge on any atom is 0.148 e. The summed E-state index contributed by atoms with van der Waals surface area (Å²) in [5, 5.41) is 4.04. The molecule has 0 radical (unpaired) electrons. The van der Waals surface area contributed by atoms with Crippen molar-refractivity contribution in [1.82, 2.24) is 15.3 Å². The van der Waals surface area contributed by atoms with Crippen LogP contribution in [0.5, 0.6) is 5.75 Å². The number of ether oxygens (including phenoxy) is 1. The molecule has 11 heteroatoms. The molecule has 0 amide bonds. The van der Waals surface area contributed by atoms with E-state index in [2.05, 4.69) is 15.3 Å². The SMILES string of the molecule is [2H]c1c([2H])c(OC([2H])([2H])c2cccc(F)c2)c(Cl)c([2H])c1Nc1ncnc2ccc(-c3ccc(C([2H])([2H])NC([2H])([2H])C([2H])([2H])S(=O)(=O)C([2H])([2H])[2H])o3)cc12. The molecule has 8 nitrogen and oxygen atoms in total. The molecule has 0 fully saturated rings. The van der Waals surface area contributed by atoms with Gasteiger partial charge in [-0.2, -0.15) is 0 Å². The highest BCUT2D eigenvalue weighted by Crippen LogP contribution is 2.32. The van der Waals surface area contributed by atoms with Crippen molar-refractivity contribution in [2.75, 3.05) is 23.7 Å². The lowest BCUT2D eigenvalue weighted by Crippen LogP contribution is -2.21. The molecule has 0 bridgehead atoms. The molecule has 0 atom stereocenters. The number of hydrogen-bond acceptors (Lipinski definition) is 8. The minimum absolute atomic E-state index is 0.0160. The predicted molar refractivity (Wildman–Crippen MR) is 154 cm³/mol. The number of nitrogens with one attached hydrogen (secondary N) is 2. The zero-order valence-corrected chi connectivity index (χ0v) is 21.5. The Morgan fingerprint density at radius 2 is 2.08 bits per heavy atom. The Balaban J connectivity index is 1.46. The average molecular weight is 595 g/mol. The van der Waals surface area contributed by atoms with Crippen LogP contribution in [0.15, 0.2) is 83.5 Å². The second-order valence-electron chi connectivity index (χ2n) is 7.83. The van der Waals surface area contributed by atoms with E-state index in [0.29, 0.717) is 5.52 Å². The minimum Gasteiger partial charge on any atom is -0.487 e. The van der Waals surface area contributed by atoms with Gasteiger partial charge in [0, 0.05) is 38.9 Å². The van der Waals surface area contributed by atoms with Gasteiger partial charge in [0.1, 0.15) is 51.6 Å². The van der Waals surface area contributed by atoms with Crippen molar-refractivity contribution in [3.05, 3.63) is 101 Å². The Hall–Kier alpha value is -3.99. The smallest absolute Gasteiger partial charge is 0.148 e. The molecule has 2 aromatic heterocycles. The molecule has 5 rings (SSSR count). The summed E-state index contributed by atoms with van der Waals surface area (Å²) in [5.74, 6) is -2.10. The van der Waals surface area contributed by atoms with Crippen molar-refractivity contribution in [3.8, 4) is 17.1 Å². The molecule has 0 saturated carbocycles. The summed E-state index contributed by atoms with van der Waals surface area (Å²) in [7, 11) is -5.80. The predicted octanol–water partition coefficient (Wildman–Crippen LogP) is 6.14. The molecule has 0 unspecified atom stereocenters. The van der Waals surface area contributed by atoms with Crippen LogP contribution in [-0.2, 0) is 22.9 Å². The number of hydrogen-bond donors (Lipinski definition) is 2. The van der Waals surface area contributed by atoms with Crippen molar-refractivity contribution in [3.63, 3.8) is 0 Å². The first-order valence-corrected chi connectivity index (χ1v) is 13.0. The van der Waals surface area contributed by atoms with Gasteiger partial charge < -0.3 is 19.8 Å². The molecular weight excluding hydrogens is 555 g/mol. The molecule has 2 heterocycles. The van der Waals surface area contributed by atoms with Crippen LogP contribution in [-0.4, -0.2) is 36.8 Å². The number of rotatable bonds is 11. The zero-order valence-electron chi connectivity index (χ0n) is 34.0. The molecule has 0 aliphatic rings. The number of nitrogens with zero attached hydrogens (tertiary/aromatic N) is 2. The van der Waals surface area contributed by atoms with Crippen molar-refractivity contribution in [2.45, 2.75) is 13.1 Å². The normalized spacial score (nSPS) is 18.4. The average Bonchev–Trinajstić information content (AvgIpc) is 3.58. The third-order valence-corrected chi connectivity index (χ3v) is 5.67. The van der Waals surface area contributed by atoms with Gasteiger partial charge in [0.15, 0.2) is 0 Å². The molecular formula is C29H26ClFN4O4S. The maximum atomic E-state index is 13.8. The summed E-state index contributed by atoms with van der Waals surface area (Å²) >= 11 is 6.36. The number of benzene rings is 3. The third-order valence-electron chi connectivity index (χ3n) is 5.03. The lowest BCUT2D eigenvalue weighted by Gasteiger charge is -2.12. The van der Waals surface area contributed by atoms with Crippen molar-refractivity contribution < 1.29 is 41.2 Å². The highest BCUT2D eigenvalue weighted by atomic mass is 35.5. The molecule has 0 saturated heterocycles. The lowest BCUT2D eigenvalue weighted by atomic mass is 10.1. The Morgan fingerprint density at radius 3 is 2.92 bits per heavy atom. The summed E-state index contributed by atoms with van der Waals surface area (Å²) in [4.78, 5) is 8.34. The summed E-state index contributed by atoms with van der Waals surface area (Å²) in [6, 6.07) is 9.28. The quantitative estimate of drug-likeness (QED) is 0.188. The van der Waals surface area contributed by atoms with E-state index in [1.54, 1.807) is 5.32 Å². The Labute approximate surface area is 255 Å². The molecule has 5 aromatic rings. The van der Waals surface area contributed by atoms with Crippen molar-refractivity contribution in [2.24, 2.45) is 0 Å². The zero-order chi connectivity index (χ0) is 40.4. The molecule has 2 N–H and O–H groups in total. The topological polar surface area (TPSA) is 106 Å². The first-order chi connectivity index (χ1) is 24.7. The molecule has 0 aliphatic heterocycles. The van der Waals surface area contributed by atoms with E-state index in [1.165, 1.54) is 36.4 Å². The number of furan rings is 1. The van der Waals surface area contributed by atoms with E-state index < -0.39 is 81.8 Å². The third kappa shape index (κ3) is 7.15. The Kier molecular flexibility index (Phi) is 4.55. The van der Waals surface area contributed by atoms with Gasteiger partial charge in [-0.15, -0.1) is 0 Å². The molecule has 0 aliphatic carbocycles. The largest absolute Gasteiger partial charge is 0.487 e. The first kappa shape index (κ1) is 15.1. The lowest BCUT2D eigenvalue weighted by molar-refractivity contribution is 0.306. The van der Waals surface area contributed by atoms with E-state index in [4.69, 9.17) is 39.9 Å². The Morgan fingerprint density at radius 1 is 1.18 bits per heavy atom. The van der Waals surface area contributed by atoms with E-state index in [9.17, 15) is 12.8 Å². The van der Waals surface area contributed by atoms with Gasteiger partial charge in [-0.05, 0) is 66.2 Å². The fourth-order valence-electron chi connectivity index (χ4n) is 3.34. The fraction of sp³-hybridized carbons (Fsp3) is 0.172. The van der Waals surface area contributed by atoms with Gasteiger partial charge in [-0.25, -0.2) is 22.8 Å². The number of halogens is 2.